The molecular weight excluding hydrogens is 662 g/mol. The Balaban J connectivity index is 1.06. The van der Waals surface area contributed by atoms with Gasteiger partial charge in [0.25, 0.3) is 0 Å². The number of nitrogens with two attached hydrogens (primary N) is 2. The van der Waals surface area contributed by atoms with Gasteiger partial charge in [0.05, 0.1) is 19.5 Å². The summed E-state index contributed by atoms with van der Waals surface area (Å²) in [5, 5.41) is 42.3. The average Bonchev–Trinajstić information content (AvgIpc) is 3.76. The molecule has 0 bridgehead atoms. The van der Waals surface area contributed by atoms with Gasteiger partial charge in [-0.15, -0.1) is 0 Å². The van der Waals surface area contributed by atoms with Crippen molar-refractivity contribution in [1.82, 2.24) is 39.0 Å². The Morgan fingerprint density at radius 1 is 0.891 bits per heavy atom. The fraction of sp³-hybridized carbons (Fsp3) is 0.524. The van der Waals surface area contributed by atoms with Crippen LogP contribution in [0.1, 0.15) is 13.2 Å². The topological polar surface area (TPSA) is 341 Å². The molecular formula is C21H28N10O13P2. The number of nitrogens with zero attached hydrogens (tertiary/aromatic N) is 8. The zero-order valence-corrected chi connectivity index (χ0v) is 25.2. The lowest BCUT2D eigenvalue weighted by molar-refractivity contribution is -0.131. The van der Waals surface area contributed by atoms with Crippen molar-refractivity contribution in [2.75, 3.05) is 24.7 Å². The fourth-order valence-corrected chi connectivity index (χ4v) is 7.22. The maximum Gasteiger partial charge on any atom is 0.481 e. The van der Waals surface area contributed by atoms with E-state index in [0.717, 1.165) is 10.9 Å². The molecule has 0 radical (unpaired) electrons. The second-order valence-electron chi connectivity index (χ2n) is 10.4. The van der Waals surface area contributed by atoms with E-state index in [1.807, 2.05) is 0 Å². The standard InChI is InChI=1S/C21H28N10O13P2/c1-21(31-7-28-10-16(22)25-5-27-19(10)31)15(35)13(33)9(43-21)3-41-46(38,39)44-45(36,37)40-2-8-12(32)14(34)20(42-8)30-6-29-18-11(17(30)23)24-4-26-18/h4-9,12-15,20,32-35H,2-3,23H2,1H3,(H,36,37)(H,38,39)(H2,22,25,27)/t8-,9+,12+,13?,14?,15-,20-,21+/m1/s1. The summed E-state index contributed by atoms with van der Waals surface area (Å²) in [4.78, 5) is 44.1. The minimum absolute atomic E-state index is 0.00363. The zero-order chi connectivity index (χ0) is 33.2. The lowest BCUT2D eigenvalue weighted by Crippen LogP contribution is -2.43. The molecule has 6 rings (SSSR count). The minimum atomic E-state index is -5.39. The van der Waals surface area contributed by atoms with Gasteiger partial charge in [0.15, 0.2) is 29.2 Å². The van der Waals surface area contributed by atoms with Crippen molar-refractivity contribution >= 4 is 38.4 Å². The van der Waals surface area contributed by atoms with Gasteiger partial charge in [0.2, 0.25) is 0 Å². The lowest BCUT2D eigenvalue weighted by atomic mass is 10.0. The van der Waals surface area contributed by atoms with Crippen LogP contribution in [0, 0.1) is 0 Å². The van der Waals surface area contributed by atoms with Crippen LogP contribution in [0.2, 0.25) is 0 Å². The van der Waals surface area contributed by atoms with Crippen LogP contribution in [-0.4, -0.2) is 119 Å². The second kappa shape index (κ2) is 11.8. The lowest BCUT2D eigenvalue weighted by Gasteiger charge is -2.29. The number of aliphatic hydroxyl groups is 4. The highest BCUT2D eigenvalue weighted by Crippen LogP contribution is 2.61. The molecule has 0 aliphatic carbocycles. The van der Waals surface area contributed by atoms with E-state index in [-0.39, 0.29) is 34.3 Å². The van der Waals surface area contributed by atoms with Crippen LogP contribution in [-0.2, 0) is 37.7 Å². The van der Waals surface area contributed by atoms with Crippen LogP contribution in [0.15, 0.2) is 25.3 Å². The SMILES string of the molecule is C[C@]1(n2cnc3c(N)ncnc32)O[C@@H](COP(=O)(O)OP(=O)(O)OC[C@H]2O[C@@H](n3cnc4ncnc-4c3N)C(O)[C@H]2O)C(O)[C@H]1O. The van der Waals surface area contributed by atoms with Gasteiger partial charge in [-0.05, 0) is 6.92 Å². The van der Waals surface area contributed by atoms with Crippen molar-refractivity contribution in [1.29, 1.82) is 0 Å². The van der Waals surface area contributed by atoms with Crippen LogP contribution in [0.3, 0.4) is 0 Å². The summed E-state index contributed by atoms with van der Waals surface area (Å²) in [6.45, 7) is -0.436. The monoisotopic (exact) mass is 690 g/mol. The molecule has 2 aromatic heterocycles. The van der Waals surface area contributed by atoms with Crippen molar-refractivity contribution in [3.05, 3.63) is 25.3 Å². The quantitative estimate of drug-likeness (QED) is 0.0793. The van der Waals surface area contributed by atoms with Gasteiger partial charge >= 0.3 is 15.6 Å². The van der Waals surface area contributed by atoms with E-state index >= 15 is 0 Å². The molecule has 2 saturated heterocycles. The van der Waals surface area contributed by atoms with Gasteiger partial charge in [-0.25, -0.2) is 39.0 Å². The molecule has 25 heteroatoms. The number of rotatable bonds is 10. The second-order valence-corrected chi connectivity index (χ2v) is 13.5. The third-order valence-electron chi connectivity index (χ3n) is 7.51. The minimum Gasteiger partial charge on any atom is -0.387 e. The number of phosphoric acid groups is 2. The maximum absolute atomic E-state index is 12.5. The normalized spacial score (nSPS) is 32.6. The van der Waals surface area contributed by atoms with Gasteiger partial charge < -0.3 is 51.2 Å². The molecule has 4 unspecified atom stereocenters. The first kappa shape index (κ1) is 32.7. The summed E-state index contributed by atoms with van der Waals surface area (Å²) < 4.78 is 52.6. The molecule has 0 spiro atoms. The van der Waals surface area contributed by atoms with Gasteiger partial charge in [-0.2, -0.15) is 4.31 Å². The molecule has 0 aromatic carbocycles. The molecule has 0 amide bonds. The summed E-state index contributed by atoms with van der Waals surface area (Å²) in [5.74, 6) is 0.268. The Morgan fingerprint density at radius 3 is 2.28 bits per heavy atom. The van der Waals surface area contributed by atoms with Crippen LogP contribution in [0.5, 0.6) is 0 Å². The number of hydrogen-bond acceptors (Lipinski definition) is 19. The number of aliphatic hydroxyl groups excluding tert-OH is 4. The van der Waals surface area contributed by atoms with Gasteiger partial charge in [0, 0.05) is 0 Å². The average molecular weight is 690 g/mol. The molecule has 2 fully saturated rings. The predicted octanol–water partition coefficient (Wildman–Crippen LogP) is -2.55. The molecule has 4 aliphatic heterocycles. The van der Waals surface area contributed by atoms with E-state index < -0.39 is 77.4 Å². The highest BCUT2D eigenvalue weighted by Gasteiger charge is 2.54. The summed E-state index contributed by atoms with van der Waals surface area (Å²) in [6, 6.07) is 0. The van der Waals surface area contributed by atoms with E-state index in [4.69, 9.17) is 30.0 Å². The van der Waals surface area contributed by atoms with E-state index in [1.54, 1.807) is 0 Å². The largest absolute Gasteiger partial charge is 0.481 e. The number of phosphoric ester groups is 2. The number of fused-ring (bicyclic) bond motifs is 2. The van der Waals surface area contributed by atoms with Crippen LogP contribution in [0.4, 0.5) is 11.6 Å². The van der Waals surface area contributed by atoms with E-state index in [0.29, 0.717) is 0 Å². The first-order valence-corrected chi connectivity index (χ1v) is 16.2. The van der Waals surface area contributed by atoms with E-state index in [9.17, 15) is 39.3 Å². The van der Waals surface area contributed by atoms with E-state index in [1.165, 1.54) is 30.5 Å². The zero-order valence-electron chi connectivity index (χ0n) is 23.4. The molecule has 4 aliphatic rings. The highest BCUT2D eigenvalue weighted by atomic mass is 31.3. The van der Waals surface area contributed by atoms with Gasteiger partial charge in [0.1, 0.15) is 72.6 Å². The van der Waals surface area contributed by atoms with Crippen molar-refractivity contribution in [2.45, 2.75) is 55.5 Å². The molecule has 10 atom stereocenters. The first-order chi connectivity index (χ1) is 21.6. The number of imidazole rings is 2. The van der Waals surface area contributed by atoms with E-state index in [2.05, 4.69) is 34.2 Å². The molecule has 2 aromatic rings. The van der Waals surface area contributed by atoms with Crippen molar-refractivity contribution in [2.24, 2.45) is 0 Å². The number of hydrogen-bond donors (Lipinski definition) is 8. The molecule has 6 heterocycles. The number of nitrogen functional groups attached to an aromatic ring is 2. The first-order valence-electron chi connectivity index (χ1n) is 13.2. The third-order valence-corrected chi connectivity index (χ3v) is 10.1. The van der Waals surface area contributed by atoms with Crippen molar-refractivity contribution < 1.29 is 62.2 Å². The van der Waals surface area contributed by atoms with Crippen molar-refractivity contribution in [3.8, 4) is 11.5 Å². The highest BCUT2D eigenvalue weighted by molar-refractivity contribution is 7.61. The smallest absolute Gasteiger partial charge is 0.387 e. The molecule has 10 N–H and O–H groups in total. The fourth-order valence-electron chi connectivity index (χ4n) is 5.12. The van der Waals surface area contributed by atoms with Gasteiger partial charge in [-0.3, -0.25) is 18.2 Å². The molecule has 23 nitrogen and oxygen atoms in total. The van der Waals surface area contributed by atoms with Crippen molar-refractivity contribution in [3.63, 3.8) is 0 Å². The molecule has 46 heavy (non-hydrogen) atoms. The summed E-state index contributed by atoms with van der Waals surface area (Å²) in [5.41, 5.74) is 10.7. The number of ether oxygens (including phenoxy) is 2. The Morgan fingerprint density at radius 2 is 1.57 bits per heavy atom. The number of aromatic nitrogens is 8. The summed E-state index contributed by atoms with van der Waals surface area (Å²) >= 11 is 0. The summed E-state index contributed by atoms with van der Waals surface area (Å²) in [7, 11) is -10.8. The van der Waals surface area contributed by atoms with Crippen LogP contribution in [0.25, 0.3) is 22.7 Å². The Bertz CT molecular complexity index is 1810. The van der Waals surface area contributed by atoms with Crippen LogP contribution < -0.4 is 11.5 Å². The third kappa shape index (κ3) is 5.75. The Kier molecular flexibility index (Phi) is 8.34. The predicted molar refractivity (Wildman–Crippen MR) is 148 cm³/mol. The Hall–Kier alpha value is -3.28. The molecule has 250 valence electrons. The van der Waals surface area contributed by atoms with Crippen LogP contribution >= 0.6 is 15.6 Å². The molecule has 0 saturated carbocycles. The number of anilines is 2. The maximum atomic E-state index is 12.5. The Labute approximate surface area is 256 Å². The summed E-state index contributed by atoms with van der Waals surface area (Å²) in [6.07, 6.45) is -6.05. The van der Waals surface area contributed by atoms with Gasteiger partial charge in [-0.1, -0.05) is 0 Å².